The van der Waals surface area contributed by atoms with Crippen molar-refractivity contribution in [1.82, 2.24) is 9.88 Å². The van der Waals surface area contributed by atoms with E-state index in [1.807, 2.05) is 18.2 Å². The average Bonchev–Trinajstić information content (AvgIpc) is 3.00. The number of carbonyl (C=O) groups is 1. The van der Waals surface area contributed by atoms with E-state index in [4.69, 9.17) is 4.74 Å². The van der Waals surface area contributed by atoms with Gasteiger partial charge in [-0.2, -0.15) is 0 Å². The fourth-order valence-corrected chi connectivity index (χ4v) is 4.02. The lowest BCUT2D eigenvalue weighted by molar-refractivity contribution is -0.118. The summed E-state index contributed by atoms with van der Waals surface area (Å²) in [5.41, 5.74) is 2.26. The summed E-state index contributed by atoms with van der Waals surface area (Å²) in [6.45, 7) is 6.23. The van der Waals surface area contributed by atoms with Crippen molar-refractivity contribution in [3.63, 3.8) is 0 Å². The van der Waals surface area contributed by atoms with E-state index in [9.17, 15) is 4.79 Å². The summed E-state index contributed by atoms with van der Waals surface area (Å²) in [6, 6.07) is 7.93. The zero-order valence-corrected chi connectivity index (χ0v) is 15.9. The average molecular weight is 359 g/mol. The van der Waals surface area contributed by atoms with Gasteiger partial charge in [-0.25, -0.2) is 4.98 Å². The maximum atomic E-state index is 12.2. The highest BCUT2D eigenvalue weighted by Gasteiger charge is 2.19. The molecule has 0 bridgehead atoms. The van der Waals surface area contributed by atoms with Crippen LogP contribution in [0.15, 0.2) is 24.3 Å². The number of nitrogens with one attached hydrogen (secondary N) is 1. The summed E-state index contributed by atoms with van der Waals surface area (Å²) in [5, 5.41) is 3.54. The van der Waals surface area contributed by atoms with Crippen LogP contribution in [0, 0.1) is 0 Å². The minimum absolute atomic E-state index is 0.00238. The van der Waals surface area contributed by atoms with Crippen LogP contribution in [0.4, 0.5) is 5.13 Å². The molecule has 6 heteroatoms. The van der Waals surface area contributed by atoms with E-state index in [0.29, 0.717) is 11.0 Å². The van der Waals surface area contributed by atoms with E-state index in [1.165, 1.54) is 4.88 Å². The lowest BCUT2D eigenvalue weighted by atomic mass is 9.98. The molecule has 0 saturated carbocycles. The van der Waals surface area contributed by atoms with Gasteiger partial charge in [-0.1, -0.05) is 32.0 Å². The number of fused-ring (bicyclic) bond motifs is 1. The van der Waals surface area contributed by atoms with Crippen LogP contribution >= 0.6 is 11.3 Å². The number of rotatable bonds is 6. The summed E-state index contributed by atoms with van der Waals surface area (Å²) < 4.78 is 5.77. The van der Waals surface area contributed by atoms with Gasteiger partial charge in [-0.3, -0.25) is 10.1 Å². The number of anilines is 1. The first-order valence-electron chi connectivity index (χ1n) is 8.75. The fourth-order valence-electron chi connectivity index (χ4n) is 2.91. The van der Waals surface area contributed by atoms with Crippen LogP contribution in [0.25, 0.3) is 0 Å². The molecule has 5 nitrogen and oxygen atoms in total. The zero-order valence-electron chi connectivity index (χ0n) is 15.0. The topological polar surface area (TPSA) is 54.5 Å². The van der Waals surface area contributed by atoms with Crippen molar-refractivity contribution in [3.8, 4) is 5.75 Å². The monoisotopic (exact) mass is 359 g/mol. The third-order valence-electron chi connectivity index (χ3n) is 4.59. The van der Waals surface area contributed by atoms with Gasteiger partial charge in [0.15, 0.2) is 11.7 Å². The molecule has 25 heavy (non-hydrogen) atoms. The van der Waals surface area contributed by atoms with Gasteiger partial charge in [-0.15, -0.1) is 11.3 Å². The van der Waals surface area contributed by atoms with Crippen LogP contribution in [0.5, 0.6) is 5.75 Å². The molecule has 0 fully saturated rings. The summed E-state index contributed by atoms with van der Waals surface area (Å²) >= 11 is 1.56. The summed E-state index contributed by atoms with van der Waals surface area (Å²) in [5.74, 6) is 1.02. The van der Waals surface area contributed by atoms with Gasteiger partial charge in [0.1, 0.15) is 5.75 Å². The Hall–Kier alpha value is -1.92. The third kappa shape index (κ3) is 4.38. The third-order valence-corrected chi connectivity index (χ3v) is 5.59. The van der Waals surface area contributed by atoms with Gasteiger partial charge in [0, 0.05) is 24.4 Å². The largest absolute Gasteiger partial charge is 0.483 e. The Morgan fingerprint density at radius 1 is 1.44 bits per heavy atom. The fraction of sp³-hybridized carbons (Fsp3) is 0.474. The highest BCUT2D eigenvalue weighted by Crippen LogP contribution is 2.29. The maximum absolute atomic E-state index is 12.2. The molecular formula is C19H25N3O2S. The van der Waals surface area contributed by atoms with Crippen LogP contribution < -0.4 is 10.1 Å². The van der Waals surface area contributed by atoms with Gasteiger partial charge in [-0.05, 0) is 31.0 Å². The number of carbonyl (C=O) groups excluding carboxylic acids is 1. The number of aromatic nitrogens is 1. The highest BCUT2D eigenvalue weighted by atomic mass is 32.1. The normalized spacial score (nSPS) is 15.5. The SMILES string of the molecule is CCC(C)c1ccccc1OCC(=O)Nc1nc2c(s1)CN(C)CC2. The molecule has 1 aromatic heterocycles. The standard InChI is InChI=1S/C19H25N3O2S/c1-4-13(2)14-7-5-6-8-16(14)24-12-18(23)21-19-20-15-9-10-22(3)11-17(15)25-19/h5-8,13H,4,9-12H2,1-3H3,(H,20,21,23). The Balaban J connectivity index is 1.59. The number of thiazole rings is 1. The van der Waals surface area contributed by atoms with Crippen molar-refractivity contribution in [3.05, 3.63) is 40.4 Å². The van der Waals surface area contributed by atoms with E-state index in [1.54, 1.807) is 11.3 Å². The van der Waals surface area contributed by atoms with Crippen molar-refractivity contribution in [2.24, 2.45) is 0 Å². The van der Waals surface area contributed by atoms with Crippen LogP contribution in [0.2, 0.25) is 0 Å². The Morgan fingerprint density at radius 2 is 2.24 bits per heavy atom. The minimum Gasteiger partial charge on any atom is -0.483 e. The van der Waals surface area contributed by atoms with Gasteiger partial charge in [0.25, 0.3) is 5.91 Å². The second-order valence-corrected chi connectivity index (χ2v) is 7.64. The number of hydrogen-bond donors (Lipinski definition) is 1. The van der Waals surface area contributed by atoms with Gasteiger partial charge >= 0.3 is 0 Å². The number of hydrogen-bond acceptors (Lipinski definition) is 5. The molecule has 1 unspecified atom stereocenters. The van der Waals surface area contributed by atoms with Crippen LogP contribution in [-0.2, 0) is 17.8 Å². The molecule has 134 valence electrons. The van der Waals surface area contributed by atoms with Crippen LogP contribution in [0.1, 0.15) is 42.3 Å². The summed E-state index contributed by atoms with van der Waals surface area (Å²) in [6.07, 6.45) is 1.97. The predicted octanol–water partition coefficient (Wildman–Crippen LogP) is 3.66. The van der Waals surface area contributed by atoms with Crippen molar-refractivity contribution >= 4 is 22.4 Å². The Bertz CT molecular complexity index is 744. The molecule has 0 aliphatic carbocycles. The molecule has 1 N–H and O–H groups in total. The molecule has 1 aliphatic rings. The number of amides is 1. The maximum Gasteiger partial charge on any atom is 0.264 e. The van der Waals surface area contributed by atoms with Gasteiger partial charge in [0.05, 0.1) is 5.69 Å². The summed E-state index contributed by atoms with van der Waals surface area (Å²) in [7, 11) is 2.10. The first-order chi connectivity index (χ1) is 12.1. The lowest BCUT2D eigenvalue weighted by Crippen LogP contribution is -2.25. The molecule has 0 saturated heterocycles. The Kier molecular flexibility index (Phi) is 5.71. The Morgan fingerprint density at radius 3 is 3.04 bits per heavy atom. The number of likely N-dealkylation sites (N-methyl/N-ethyl adjacent to an activating group) is 1. The number of benzene rings is 1. The van der Waals surface area contributed by atoms with Gasteiger partial charge < -0.3 is 9.64 Å². The van der Waals surface area contributed by atoms with Crippen LogP contribution in [0.3, 0.4) is 0 Å². The van der Waals surface area contributed by atoms with E-state index >= 15 is 0 Å². The molecule has 2 aromatic rings. The van der Waals surface area contributed by atoms with E-state index in [-0.39, 0.29) is 12.5 Å². The number of para-hydroxylation sites is 1. The zero-order chi connectivity index (χ0) is 17.8. The van der Waals surface area contributed by atoms with E-state index < -0.39 is 0 Å². The van der Waals surface area contributed by atoms with Crippen molar-refractivity contribution < 1.29 is 9.53 Å². The number of ether oxygens (including phenoxy) is 1. The van der Waals surface area contributed by atoms with Crippen molar-refractivity contribution in [2.45, 2.75) is 39.2 Å². The quantitative estimate of drug-likeness (QED) is 0.855. The number of nitrogens with zero attached hydrogens (tertiary/aromatic N) is 2. The Labute approximate surface area is 153 Å². The van der Waals surface area contributed by atoms with Gasteiger partial charge in [0.2, 0.25) is 0 Å². The van der Waals surface area contributed by atoms with E-state index in [0.717, 1.165) is 42.9 Å². The van der Waals surface area contributed by atoms with Crippen LogP contribution in [-0.4, -0.2) is 36.0 Å². The first-order valence-corrected chi connectivity index (χ1v) is 9.57. The van der Waals surface area contributed by atoms with E-state index in [2.05, 4.69) is 42.2 Å². The molecule has 0 radical (unpaired) electrons. The summed E-state index contributed by atoms with van der Waals surface area (Å²) in [4.78, 5) is 20.3. The molecule has 0 spiro atoms. The minimum atomic E-state index is -0.168. The molecule has 1 aliphatic heterocycles. The molecule has 2 heterocycles. The molecule has 1 amide bonds. The lowest BCUT2D eigenvalue weighted by Gasteiger charge is -2.20. The highest BCUT2D eigenvalue weighted by molar-refractivity contribution is 7.15. The molecule has 1 aromatic carbocycles. The molecule has 1 atom stereocenters. The molecule has 3 rings (SSSR count). The second kappa shape index (κ2) is 7.97. The predicted molar refractivity (Wildman–Crippen MR) is 101 cm³/mol. The molecular weight excluding hydrogens is 334 g/mol. The van der Waals surface area contributed by atoms with Crippen molar-refractivity contribution in [2.75, 3.05) is 25.5 Å². The smallest absolute Gasteiger partial charge is 0.264 e. The first kappa shape index (κ1) is 17.9. The second-order valence-electron chi connectivity index (χ2n) is 6.56. The van der Waals surface area contributed by atoms with Crippen molar-refractivity contribution in [1.29, 1.82) is 0 Å².